The summed E-state index contributed by atoms with van der Waals surface area (Å²) in [5, 5.41) is 2.82. The number of carbonyl (C=O) groups is 1. The maximum absolute atomic E-state index is 12.9. The zero-order valence-corrected chi connectivity index (χ0v) is 10.1. The molecule has 1 fully saturated rings. The molecule has 1 saturated heterocycles. The van der Waals surface area contributed by atoms with Crippen LogP contribution in [0.5, 0.6) is 0 Å². The minimum absolute atomic E-state index is 0.0993. The van der Waals surface area contributed by atoms with E-state index in [4.69, 9.17) is 0 Å². The van der Waals surface area contributed by atoms with E-state index in [-0.39, 0.29) is 30.8 Å². The maximum Gasteiger partial charge on any atom is 0.250 e. The lowest BCUT2D eigenvalue weighted by Crippen LogP contribution is -2.48. The van der Waals surface area contributed by atoms with Gasteiger partial charge in [0, 0.05) is 31.5 Å². The summed E-state index contributed by atoms with van der Waals surface area (Å²) < 4.78 is 25.7. The highest BCUT2D eigenvalue weighted by Crippen LogP contribution is 2.27. The van der Waals surface area contributed by atoms with E-state index < -0.39 is 5.92 Å². The van der Waals surface area contributed by atoms with Gasteiger partial charge in [0.2, 0.25) is 5.91 Å². The Morgan fingerprint density at radius 2 is 1.81 bits per heavy atom. The summed E-state index contributed by atoms with van der Waals surface area (Å²) >= 11 is 0. The number of hydrogen-bond donors (Lipinski definition) is 1. The fourth-order valence-electron chi connectivity index (χ4n) is 1.70. The summed E-state index contributed by atoms with van der Waals surface area (Å²) in [6, 6.07) is 0. The van der Waals surface area contributed by atoms with Crippen LogP contribution in [0, 0.1) is 0 Å². The molecular weight excluding hydrogens is 214 g/mol. The molecule has 1 aliphatic rings. The first-order valence-corrected chi connectivity index (χ1v) is 5.59. The van der Waals surface area contributed by atoms with E-state index in [2.05, 4.69) is 5.32 Å². The normalized spacial score (nSPS) is 21.8. The maximum atomic E-state index is 12.9. The second-order valence-electron chi connectivity index (χ2n) is 5.43. The summed E-state index contributed by atoms with van der Waals surface area (Å²) in [7, 11) is 0. The van der Waals surface area contributed by atoms with E-state index in [0.29, 0.717) is 13.1 Å². The average molecular weight is 234 g/mol. The zero-order chi connectivity index (χ0) is 12.4. The van der Waals surface area contributed by atoms with Crippen molar-refractivity contribution in [1.82, 2.24) is 10.2 Å². The molecule has 0 aromatic carbocycles. The standard InChI is InChI=1S/C11H20F2N2O/c1-10(2,3)14-9(16)8-15-6-4-11(12,13)5-7-15/h4-8H2,1-3H3,(H,14,16). The second-order valence-corrected chi connectivity index (χ2v) is 5.43. The SMILES string of the molecule is CC(C)(C)NC(=O)CN1CCC(F)(F)CC1. The molecule has 1 heterocycles. The predicted molar refractivity (Wildman–Crippen MR) is 58.5 cm³/mol. The molecule has 94 valence electrons. The van der Waals surface area contributed by atoms with Gasteiger partial charge >= 0.3 is 0 Å². The Hall–Kier alpha value is -0.710. The number of amides is 1. The van der Waals surface area contributed by atoms with Gasteiger partial charge in [-0.05, 0) is 20.8 Å². The molecule has 0 spiro atoms. The average Bonchev–Trinajstić information content (AvgIpc) is 2.05. The summed E-state index contributed by atoms with van der Waals surface area (Å²) in [5.74, 6) is -2.64. The Bertz CT molecular complexity index is 251. The van der Waals surface area contributed by atoms with Gasteiger partial charge in [0.25, 0.3) is 5.92 Å². The van der Waals surface area contributed by atoms with Gasteiger partial charge in [0.05, 0.1) is 6.54 Å². The summed E-state index contributed by atoms with van der Waals surface area (Å²) in [5.41, 5.74) is -0.267. The van der Waals surface area contributed by atoms with Crippen LogP contribution in [-0.2, 0) is 4.79 Å². The van der Waals surface area contributed by atoms with E-state index >= 15 is 0 Å². The van der Waals surface area contributed by atoms with Crippen molar-refractivity contribution in [2.75, 3.05) is 19.6 Å². The van der Waals surface area contributed by atoms with Gasteiger partial charge in [-0.25, -0.2) is 8.78 Å². The number of halogens is 2. The van der Waals surface area contributed by atoms with Crippen molar-refractivity contribution in [2.24, 2.45) is 0 Å². The van der Waals surface area contributed by atoms with Crippen LogP contribution in [0.3, 0.4) is 0 Å². The lowest BCUT2D eigenvalue weighted by molar-refractivity contribution is -0.125. The Labute approximate surface area is 95.2 Å². The third kappa shape index (κ3) is 4.88. The highest BCUT2D eigenvalue weighted by molar-refractivity contribution is 5.78. The first-order valence-electron chi connectivity index (χ1n) is 5.59. The van der Waals surface area contributed by atoms with Crippen LogP contribution in [0.4, 0.5) is 8.78 Å². The van der Waals surface area contributed by atoms with Crippen molar-refractivity contribution >= 4 is 5.91 Å². The third-order valence-electron chi connectivity index (χ3n) is 2.47. The van der Waals surface area contributed by atoms with Gasteiger partial charge in [-0.1, -0.05) is 0 Å². The third-order valence-corrected chi connectivity index (χ3v) is 2.47. The van der Waals surface area contributed by atoms with E-state index in [1.54, 1.807) is 4.90 Å². The molecule has 0 radical (unpaired) electrons. The molecule has 0 bridgehead atoms. The molecule has 1 rings (SSSR count). The first kappa shape index (κ1) is 13.4. The molecule has 1 N–H and O–H groups in total. The summed E-state index contributed by atoms with van der Waals surface area (Å²) in [6.45, 7) is 6.50. The van der Waals surface area contributed by atoms with Crippen molar-refractivity contribution in [3.8, 4) is 0 Å². The van der Waals surface area contributed by atoms with Crippen molar-refractivity contribution in [3.63, 3.8) is 0 Å². The van der Waals surface area contributed by atoms with E-state index in [1.807, 2.05) is 20.8 Å². The molecule has 1 aliphatic heterocycles. The molecule has 0 aliphatic carbocycles. The molecule has 0 aromatic rings. The monoisotopic (exact) mass is 234 g/mol. The largest absolute Gasteiger partial charge is 0.350 e. The van der Waals surface area contributed by atoms with Gasteiger partial charge < -0.3 is 5.32 Å². The predicted octanol–water partition coefficient (Wildman–Crippen LogP) is 1.63. The zero-order valence-electron chi connectivity index (χ0n) is 10.1. The van der Waals surface area contributed by atoms with E-state index in [0.717, 1.165) is 0 Å². The minimum Gasteiger partial charge on any atom is -0.350 e. The molecule has 16 heavy (non-hydrogen) atoms. The van der Waals surface area contributed by atoms with Crippen LogP contribution >= 0.6 is 0 Å². The van der Waals surface area contributed by atoms with Crippen LogP contribution in [-0.4, -0.2) is 41.9 Å². The molecule has 0 saturated carbocycles. The summed E-state index contributed by atoms with van der Waals surface area (Å²) in [4.78, 5) is 13.3. The lowest BCUT2D eigenvalue weighted by atomic mass is 10.1. The Kier molecular flexibility index (Phi) is 3.88. The molecule has 5 heteroatoms. The molecular formula is C11H20F2N2O. The fraction of sp³-hybridized carbons (Fsp3) is 0.909. The van der Waals surface area contributed by atoms with E-state index in [9.17, 15) is 13.6 Å². The fourth-order valence-corrected chi connectivity index (χ4v) is 1.70. The van der Waals surface area contributed by atoms with Crippen molar-refractivity contribution in [1.29, 1.82) is 0 Å². The quantitative estimate of drug-likeness (QED) is 0.787. The van der Waals surface area contributed by atoms with Gasteiger partial charge in [0.1, 0.15) is 0 Å². The van der Waals surface area contributed by atoms with Crippen molar-refractivity contribution in [3.05, 3.63) is 0 Å². The van der Waals surface area contributed by atoms with Crippen LogP contribution in [0.25, 0.3) is 0 Å². The number of alkyl halides is 2. The second kappa shape index (κ2) is 4.65. The number of carbonyl (C=O) groups excluding carboxylic acids is 1. The van der Waals surface area contributed by atoms with Crippen LogP contribution < -0.4 is 5.32 Å². The number of piperidine rings is 1. The van der Waals surface area contributed by atoms with Gasteiger partial charge in [-0.15, -0.1) is 0 Å². The summed E-state index contributed by atoms with van der Waals surface area (Å²) in [6.07, 6.45) is -0.286. The number of nitrogens with zero attached hydrogens (tertiary/aromatic N) is 1. The smallest absolute Gasteiger partial charge is 0.250 e. The first-order chi connectivity index (χ1) is 7.18. The Balaban J connectivity index is 2.32. The molecule has 0 aromatic heterocycles. The topological polar surface area (TPSA) is 32.3 Å². The number of likely N-dealkylation sites (tertiary alicyclic amines) is 1. The van der Waals surface area contributed by atoms with E-state index in [1.165, 1.54) is 0 Å². The minimum atomic E-state index is -2.54. The number of nitrogens with one attached hydrogen (secondary N) is 1. The molecule has 1 amide bonds. The lowest BCUT2D eigenvalue weighted by Gasteiger charge is -2.32. The van der Waals surface area contributed by atoms with Gasteiger partial charge in [-0.2, -0.15) is 0 Å². The number of hydrogen-bond acceptors (Lipinski definition) is 2. The Morgan fingerprint density at radius 1 is 1.31 bits per heavy atom. The molecule has 0 atom stereocenters. The van der Waals surface area contributed by atoms with Crippen molar-refractivity contribution < 1.29 is 13.6 Å². The molecule has 3 nitrogen and oxygen atoms in total. The number of rotatable bonds is 2. The highest BCUT2D eigenvalue weighted by atomic mass is 19.3. The van der Waals surface area contributed by atoms with Gasteiger partial charge in [0.15, 0.2) is 0 Å². The highest BCUT2D eigenvalue weighted by Gasteiger charge is 2.34. The van der Waals surface area contributed by atoms with Crippen LogP contribution in [0.2, 0.25) is 0 Å². The van der Waals surface area contributed by atoms with Crippen LogP contribution in [0.1, 0.15) is 33.6 Å². The molecule has 0 unspecified atom stereocenters. The van der Waals surface area contributed by atoms with Crippen molar-refractivity contribution in [2.45, 2.75) is 45.1 Å². The Morgan fingerprint density at radius 3 is 2.25 bits per heavy atom. The van der Waals surface area contributed by atoms with Crippen LogP contribution in [0.15, 0.2) is 0 Å². The van der Waals surface area contributed by atoms with Gasteiger partial charge in [-0.3, -0.25) is 9.69 Å².